The van der Waals surface area contributed by atoms with Crippen molar-refractivity contribution < 1.29 is 9.53 Å². The van der Waals surface area contributed by atoms with Crippen LogP contribution in [0.2, 0.25) is 0 Å². The molecule has 17 heavy (non-hydrogen) atoms. The molecule has 0 spiro atoms. The van der Waals surface area contributed by atoms with Gasteiger partial charge in [-0.15, -0.1) is 0 Å². The molecule has 0 atom stereocenters. The molecule has 0 aliphatic carbocycles. The van der Waals surface area contributed by atoms with Crippen LogP contribution in [0.5, 0.6) is 0 Å². The van der Waals surface area contributed by atoms with Gasteiger partial charge in [0.2, 0.25) is 0 Å². The molecular formula is C12H23N3O2. The Kier molecular flexibility index (Phi) is 7.84. The predicted octanol–water partition coefficient (Wildman–Crippen LogP) is 2.14. The first-order chi connectivity index (χ1) is 8.15. The molecule has 0 aliphatic heterocycles. The van der Waals surface area contributed by atoms with Crippen LogP contribution in [-0.2, 0) is 16.1 Å². The zero-order valence-electron chi connectivity index (χ0n) is 11.2. The SMILES string of the molecule is CC.CCOC(=O)CCCn1cnc(C)c1N. The average Bonchev–Trinajstić information content (AvgIpc) is 2.64. The first-order valence-corrected chi connectivity index (χ1v) is 6.08. The number of nitrogen functional groups attached to an aromatic ring is 1. The Balaban J connectivity index is 0.00000121. The van der Waals surface area contributed by atoms with Crippen LogP contribution < -0.4 is 5.73 Å². The Morgan fingerprint density at radius 2 is 2.18 bits per heavy atom. The van der Waals surface area contributed by atoms with Gasteiger partial charge in [0.05, 0.1) is 18.6 Å². The van der Waals surface area contributed by atoms with Crippen molar-refractivity contribution in [2.24, 2.45) is 0 Å². The van der Waals surface area contributed by atoms with Crippen molar-refractivity contribution in [2.45, 2.75) is 47.1 Å². The highest BCUT2D eigenvalue weighted by Crippen LogP contribution is 2.09. The van der Waals surface area contributed by atoms with Crippen LogP contribution in [-0.4, -0.2) is 22.1 Å². The lowest BCUT2D eigenvalue weighted by molar-refractivity contribution is -0.143. The van der Waals surface area contributed by atoms with Crippen LogP contribution >= 0.6 is 0 Å². The van der Waals surface area contributed by atoms with Gasteiger partial charge < -0.3 is 15.0 Å². The van der Waals surface area contributed by atoms with E-state index in [4.69, 9.17) is 10.5 Å². The molecule has 0 aliphatic rings. The Morgan fingerprint density at radius 3 is 2.65 bits per heavy atom. The van der Waals surface area contributed by atoms with E-state index in [0.717, 1.165) is 12.1 Å². The summed E-state index contributed by atoms with van der Waals surface area (Å²) in [7, 11) is 0. The van der Waals surface area contributed by atoms with Crippen molar-refractivity contribution in [3.8, 4) is 0 Å². The average molecular weight is 241 g/mol. The fraction of sp³-hybridized carbons (Fsp3) is 0.667. The molecule has 1 aromatic rings. The molecule has 0 fully saturated rings. The van der Waals surface area contributed by atoms with Crippen molar-refractivity contribution >= 4 is 11.8 Å². The molecule has 0 saturated carbocycles. The smallest absolute Gasteiger partial charge is 0.305 e. The number of carbonyl (C=O) groups is 1. The third kappa shape index (κ3) is 5.38. The summed E-state index contributed by atoms with van der Waals surface area (Å²) in [6, 6.07) is 0. The van der Waals surface area contributed by atoms with Crippen molar-refractivity contribution in [1.82, 2.24) is 9.55 Å². The molecule has 5 heteroatoms. The first-order valence-electron chi connectivity index (χ1n) is 6.08. The summed E-state index contributed by atoms with van der Waals surface area (Å²) in [5, 5.41) is 0. The molecule has 0 bridgehead atoms. The van der Waals surface area contributed by atoms with Gasteiger partial charge in [-0.1, -0.05) is 13.8 Å². The molecule has 1 rings (SSSR count). The minimum atomic E-state index is -0.159. The Labute approximate surface area is 103 Å². The molecule has 98 valence electrons. The Morgan fingerprint density at radius 1 is 1.53 bits per heavy atom. The highest BCUT2D eigenvalue weighted by atomic mass is 16.5. The second-order valence-corrected chi connectivity index (χ2v) is 3.32. The van der Waals surface area contributed by atoms with E-state index in [2.05, 4.69) is 4.98 Å². The normalized spacial score (nSPS) is 9.41. The van der Waals surface area contributed by atoms with Crippen molar-refractivity contribution in [1.29, 1.82) is 0 Å². The van der Waals surface area contributed by atoms with Crippen LogP contribution in [0.15, 0.2) is 6.33 Å². The van der Waals surface area contributed by atoms with Gasteiger partial charge in [-0.2, -0.15) is 0 Å². The first kappa shape index (κ1) is 15.5. The summed E-state index contributed by atoms with van der Waals surface area (Å²) in [5.74, 6) is 0.506. The lowest BCUT2D eigenvalue weighted by atomic mass is 10.3. The van der Waals surface area contributed by atoms with E-state index in [0.29, 0.717) is 25.4 Å². The lowest BCUT2D eigenvalue weighted by Gasteiger charge is -2.04. The fourth-order valence-corrected chi connectivity index (χ4v) is 1.30. The second kappa shape index (κ2) is 8.61. The molecule has 2 N–H and O–H groups in total. The summed E-state index contributed by atoms with van der Waals surface area (Å²) < 4.78 is 6.66. The molecule has 1 aromatic heterocycles. The Bertz CT molecular complexity index is 334. The van der Waals surface area contributed by atoms with Crippen molar-refractivity contribution in [3.63, 3.8) is 0 Å². The predicted molar refractivity (Wildman–Crippen MR) is 68.6 cm³/mol. The maximum absolute atomic E-state index is 11.0. The summed E-state index contributed by atoms with van der Waals surface area (Å²) in [6.07, 6.45) is 2.83. The van der Waals surface area contributed by atoms with E-state index in [1.165, 1.54) is 0 Å². The third-order valence-corrected chi connectivity index (χ3v) is 2.16. The van der Waals surface area contributed by atoms with E-state index >= 15 is 0 Å². The minimum Gasteiger partial charge on any atom is -0.466 e. The summed E-state index contributed by atoms with van der Waals surface area (Å²) in [5.41, 5.74) is 6.59. The zero-order chi connectivity index (χ0) is 13.3. The van der Waals surface area contributed by atoms with Gasteiger partial charge in [-0.05, 0) is 20.3 Å². The fourth-order valence-electron chi connectivity index (χ4n) is 1.30. The van der Waals surface area contributed by atoms with E-state index in [9.17, 15) is 4.79 Å². The molecule has 0 amide bonds. The molecule has 0 aromatic carbocycles. The van der Waals surface area contributed by atoms with Crippen molar-refractivity contribution in [2.75, 3.05) is 12.3 Å². The monoisotopic (exact) mass is 241 g/mol. The number of ether oxygens (including phenoxy) is 1. The number of anilines is 1. The maximum Gasteiger partial charge on any atom is 0.305 e. The number of aryl methyl sites for hydroxylation is 2. The van der Waals surface area contributed by atoms with E-state index in [1.807, 2.05) is 25.3 Å². The zero-order valence-corrected chi connectivity index (χ0v) is 11.2. The molecule has 0 radical (unpaired) electrons. The number of imidazole rings is 1. The number of nitrogens with two attached hydrogens (primary N) is 1. The van der Waals surface area contributed by atoms with E-state index in [1.54, 1.807) is 13.3 Å². The van der Waals surface area contributed by atoms with Crippen LogP contribution in [0, 0.1) is 6.92 Å². The topological polar surface area (TPSA) is 70.1 Å². The van der Waals surface area contributed by atoms with Crippen LogP contribution in [0.25, 0.3) is 0 Å². The van der Waals surface area contributed by atoms with Gasteiger partial charge in [-0.3, -0.25) is 4.79 Å². The third-order valence-electron chi connectivity index (χ3n) is 2.16. The van der Waals surface area contributed by atoms with Gasteiger partial charge in [0.1, 0.15) is 5.82 Å². The maximum atomic E-state index is 11.0. The number of carbonyl (C=O) groups excluding carboxylic acids is 1. The Hall–Kier alpha value is -1.52. The van der Waals surface area contributed by atoms with Crippen LogP contribution in [0.3, 0.4) is 0 Å². The molecule has 0 unspecified atom stereocenters. The summed E-state index contributed by atoms with van der Waals surface area (Å²) >= 11 is 0. The van der Waals surface area contributed by atoms with Crippen LogP contribution in [0.1, 0.15) is 39.3 Å². The molecule has 1 heterocycles. The molecule has 0 saturated heterocycles. The van der Waals surface area contributed by atoms with Crippen LogP contribution in [0.4, 0.5) is 5.82 Å². The number of aromatic nitrogens is 2. The minimum absolute atomic E-state index is 0.159. The van der Waals surface area contributed by atoms with Gasteiger partial charge >= 0.3 is 5.97 Å². The summed E-state index contributed by atoms with van der Waals surface area (Å²) in [6.45, 7) is 8.79. The quantitative estimate of drug-likeness (QED) is 0.802. The lowest BCUT2D eigenvalue weighted by Crippen LogP contribution is -2.07. The van der Waals surface area contributed by atoms with Gasteiger partial charge in [-0.25, -0.2) is 4.98 Å². The van der Waals surface area contributed by atoms with Crippen molar-refractivity contribution in [3.05, 3.63) is 12.0 Å². The van der Waals surface area contributed by atoms with E-state index in [-0.39, 0.29) is 5.97 Å². The van der Waals surface area contributed by atoms with Gasteiger partial charge in [0, 0.05) is 13.0 Å². The number of hydrogen-bond acceptors (Lipinski definition) is 4. The number of rotatable bonds is 5. The molecule has 5 nitrogen and oxygen atoms in total. The number of nitrogens with zero attached hydrogens (tertiary/aromatic N) is 2. The van der Waals surface area contributed by atoms with E-state index < -0.39 is 0 Å². The summed E-state index contributed by atoms with van der Waals surface area (Å²) in [4.78, 5) is 15.1. The standard InChI is InChI=1S/C10H17N3O2.C2H6/c1-3-15-9(14)5-4-6-13-7-12-8(2)10(13)11;1-2/h7H,3-6,11H2,1-2H3;1-2H3. The largest absolute Gasteiger partial charge is 0.466 e. The highest BCUT2D eigenvalue weighted by Gasteiger charge is 2.04. The van der Waals surface area contributed by atoms with Gasteiger partial charge in [0.15, 0.2) is 0 Å². The van der Waals surface area contributed by atoms with Gasteiger partial charge in [0.25, 0.3) is 0 Å². The second-order valence-electron chi connectivity index (χ2n) is 3.32. The number of hydrogen-bond donors (Lipinski definition) is 1. The number of esters is 1. The highest BCUT2D eigenvalue weighted by molar-refractivity contribution is 5.69. The molecular weight excluding hydrogens is 218 g/mol.